The third kappa shape index (κ3) is 3.84. The molecule has 2 rings (SSSR count). The van der Waals surface area contributed by atoms with Crippen molar-refractivity contribution in [1.82, 2.24) is 0 Å². The summed E-state index contributed by atoms with van der Waals surface area (Å²) >= 11 is 6.73. The van der Waals surface area contributed by atoms with Crippen LogP contribution in [0.5, 0.6) is 5.75 Å². The Bertz CT molecular complexity index is 612. The van der Waals surface area contributed by atoms with Gasteiger partial charge in [-0.05, 0) is 49.4 Å². The molecule has 0 saturated heterocycles. The van der Waals surface area contributed by atoms with Gasteiger partial charge in [0.25, 0.3) is 5.91 Å². The molecular formula is C15H13Br2NO2. The Morgan fingerprint density at radius 2 is 1.75 bits per heavy atom. The van der Waals surface area contributed by atoms with Crippen molar-refractivity contribution in [3.05, 3.63) is 57.0 Å². The molecular weight excluding hydrogens is 386 g/mol. The number of amides is 1. The van der Waals surface area contributed by atoms with Crippen LogP contribution < -0.4 is 10.1 Å². The van der Waals surface area contributed by atoms with Crippen molar-refractivity contribution >= 4 is 43.5 Å². The average molecular weight is 399 g/mol. The lowest BCUT2D eigenvalue weighted by Crippen LogP contribution is -2.13. The van der Waals surface area contributed by atoms with Gasteiger partial charge < -0.3 is 10.1 Å². The summed E-state index contributed by atoms with van der Waals surface area (Å²) in [5.41, 5.74) is 1.24. The first-order valence-corrected chi connectivity index (χ1v) is 7.68. The molecule has 1 N–H and O–H groups in total. The summed E-state index contributed by atoms with van der Waals surface area (Å²) in [5.74, 6) is 0.377. The van der Waals surface area contributed by atoms with Crippen LogP contribution in [0.25, 0.3) is 0 Å². The van der Waals surface area contributed by atoms with E-state index in [0.29, 0.717) is 17.9 Å². The highest BCUT2D eigenvalue weighted by atomic mass is 79.9. The Morgan fingerprint density at radius 1 is 1.10 bits per heavy atom. The van der Waals surface area contributed by atoms with Crippen LogP contribution in [0.1, 0.15) is 17.3 Å². The largest absolute Gasteiger partial charge is 0.493 e. The molecule has 0 radical (unpaired) electrons. The van der Waals surface area contributed by atoms with Gasteiger partial charge in [0.1, 0.15) is 5.75 Å². The highest BCUT2D eigenvalue weighted by Gasteiger charge is 2.13. The first-order chi connectivity index (χ1) is 9.60. The molecule has 2 aromatic carbocycles. The topological polar surface area (TPSA) is 38.3 Å². The Kier molecular flexibility index (Phi) is 5.20. The van der Waals surface area contributed by atoms with E-state index in [1.165, 1.54) is 0 Å². The monoisotopic (exact) mass is 397 g/mol. The lowest BCUT2D eigenvalue weighted by atomic mass is 10.2. The number of hydrogen-bond donors (Lipinski definition) is 1. The molecule has 1 amide bonds. The van der Waals surface area contributed by atoms with Crippen molar-refractivity contribution in [2.24, 2.45) is 0 Å². The predicted molar refractivity (Wildman–Crippen MR) is 87.4 cm³/mol. The molecule has 0 aliphatic carbocycles. The van der Waals surface area contributed by atoms with Crippen molar-refractivity contribution in [3.63, 3.8) is 0 Å². The Labute approximate surface area is 134 Å². The van der Waals surface area contributed by atoms with Gasteiger partial charge in [-0.15, -0.1) is 0 Å². The van der Waals surface area contributed by atoms with E-state index in [2.05, 4.69) is 37.2 Å². The molecule has 0 aromatic heterocycles. The predicted octanol–water partition coefficient (Wildman–Crippen LogP) is 4.86. The molecule has 0 heterocycles. The zero-order valence-electron chi connectivity index (χ0n) is 10.8. The van der Waals surface area contributed by atoms with E-state index in [0.717, 1.165) is 14.6 Å². The van der Waals surface area contributed by atoms with Crippen LogP contribution in [-0.4, -0.2) is 12.5 Å². The van der Waals surface area contributed by atoms with E-state index in [1.807, 2.05) is 37.3 Å². The van der Waals surface area contributed by atoms with Crippen molar-refractivity contribution in [1.29, 1.82) is 0 Å². The maximum atomic E-state index is 12.3. The molecule has 5 heteroatoms. The molecule has 0 fully saturated rings. The zero-order valence-corrected chi connectivity index (χ0v) is 14.0. The standard InChI is InChI=1S/C15H13Br2NO2/c1-2-20-14-8-5-11(17)9-13(14)15(19)18-12-6-3-10(16)4-7-12/h3-9H,2H2,1H3,(H,18,19). The third-order valence-corrected chi connectivity index (χ3v) is 3.61. The van der Waals surface area contributed by atoms with Crippen LogP contribution in [0.15, 0.2) is 51.4 Å². The molecule has 0 bridgehead atoms. The minimum absolute atomic E-state index is 0.197. The minimum atomic E-state index is -0.197. The van der Waals surface area contributed by atoms with Crippen molar-refractivity contribution in [3.8, 4) is 5.75 Å². The van der Waals surface area contributed by atoms with Gasteiger partial charge in [0, 0.05) is 14.6 Å². The molecule has 0 aliphatic rings. The summed E-state index contributed by atoms with van der Waals surface area (Å²) < 4.78 is 7.28. The zero-order chi connectivity index (χ0) is 14.5. The molecule has 0 spiro atoms. The van der Waals surface area contributed by atoms with E-state index < -0.39 is 0 Å². The summed E-state index contributed by atoms with van der Waals surface area (Å²) in [7, 11) is 0. The van der Waals surface area contributed by atoms with Gasteiger partial charge in [-0.25, -0.2) is 0 Å². The molecule has 3 nitrogen and oxygen atoms in total. The number of carbonyl (C=O) groups is 1. The third-order valence-electron chi connectivity index (χ3n) is 2.59. The van der Waals surface area contributed by atoms with Crippen molar-refractivity contribution in [2.75, 3.05) is 11.9 Å². The molecule has 2 aromatic rings. The van der Waals surface area contributed by atoms with Gasteiger partial charge in [0.05, 0.1) is 12.2 Å². The summed E-state index contributed by atoms with van der Waals surface area (Å²) in [4.78, 5) is 12.3. The van der Waals surface area contributed by atoms with E-state index in [9.17, 15) is 4.79 Å². The van der Waals surface area contributed by atoms with Crippen LogP contribution >= 0.6 is 31.9 Å². The van der Waals surface area contributed by atoms with Crippen LogP contribution in [0.2, 0.25) is 0 Å². The Hall–Kier alpha value is -1.33. The molecule has 20 heavy (non-hydrogen) atoms. The fraction of sp³-hybridized carbons (Fsp3) is 0.133. The van der Waals surface area contributed by atoms with Gasteiger partial charge in [-0.3, -0.25) is 4.79 Å². The first kappa shape index (κ1) is 15.1. The maximum Gasteiger partial charge on any atom is 0.259 e. The molecule has 104 valence electrons. The minimum Gasteiger partial charge on any atom is -0.493 e. The highest BCUT2D eigenvalue weighted by molar-refractivity contribution is 9.10. The van der Waals surface area contributed by atoms with E-state index in [4.69, 9.17) is 4.74 Å². The first-order valence-electron chi connectivity index (χ1n) is 6.09. The SMILES string of the molecule is CCOc1ccc(Br)cc1C(=O)Nc1ccc(Br)cc1. The second-order valence-electron chi connectivity index (χ2n) is 4.03. The Morgan fingerprint density at radius 3 is 2.40 bits per heavy atom. The van der Waals surface area contributed by atoms with Gasteiger partial charge in [0.2, 0.25) is 0 Å². The summed E-state index contributed by atoms with van der Waals surface area (Å²) in [5, 5.41) is 2.85. The normalized spacial score (nSPS) is 10.2. The van der Waals surface area contributed by atoms with Gasteiger partial charge >= 0.3 is 0 Å². The number of hydrogen-bond acceptors (Lipinski definition) is 2. The van der Waals surface area contributed by atoms with Crippen LogP contribution in [0, 0.1) is 0 Å². The molecule has 0 saturated carbocycles. The number of nitrogens with one attached hydrogen (secondary N) is 1. The van der Waals surface area contributed by atoms with Crippen molar-refractivity contribution in [2.45, 2.75) is 6.92 Å². The second-order valence-corrected chi connectivity index (χ2v) is 5.87. The molecule has 0 atom stereocenters. The van der Waals surface area contributed by atoms with Crippen LogP contribution in [0.3, 0.4) is 0 Å². The van der Waals surface area contributed by atoms with Gasteiger partial charge in [-0.1, -0.05) is 31.9 Å². The fourth-order valence-electron chi connectivity index (χ4n) is 1.69. The number of anilines is 1. The lowest BCUT2D eigenvalue weighted by molar-refractivity contribution is 0.102. The summed E-state index contributed by atoms with van der Waals surface area (Å²) in [6, 6.07) is 12.8. The van der Waals surface area contributed by atoms with Gasteiger partial charge in [-0.2, -0.15) is 0 Å². The molecule has 0 unspecified atom stereocenters. The van der Waals surface area contributed by atoms with E-state index in [-0.39, 0.29) is 5.91 Å². The fourth-order valence-corrected chi connectivity index (χ4v) is 2.32. The number of halogens is 2. The number of carbonyl (C=O) groups excluding carboxylic acids is 1. The summed E-state index contributed by atoms with van der Waals surface area (Å²) in [6.07, 6.45) is 0. The van der Waals surface area contributed by atoms with E-state index in [1.54, 1.807) is 12.1 Å². The maximum absolute atomic E-state index is 12.3. The molecule has 0 aliphatic heterocycles. The number of benzene rings is 2. The highest BCUT2D eigenvalue weighted by Crippen LogP contribution is 2.24. The quantitative estimate of drug-likeness (QED) is 0.798. The smallest absolute Gasteiger partial charge is 0.259 e. The summed E-state index contributed by atoms with van der Waals surface area (Å²) in [6.45, 7) is 2.40. The average Bonchev–Trinajstić information content (AvgIpc) is 2.43. The Balaban J connectivity index is 2.23. The van der Waals surface area contributed by atoms with Gasteiger partial charge in [0.15, 0.2) is 0 Å². The lowest BCUT2D eigenvalue weighted by Gasteiger charge is -2.11. The second kappa shape index (κ2) is 6.90. The van der Waals surface area contributed by atoms with Crippen LogP contribution in [-0.2, 0) is 0 Å². The number of rotatable bonds is 4. The number of ether oxygens (including phenoxy) is 1. The van der Waals surface area contributed by atoms with Crippen molar-refractivity contribution < 1.29 is 9.53 Å². The van der Waals surface area contributed by atoms with Crippen LogP contribution in [0.4, 0.5) is 5.69 Å². The van der Waals surface area contributed by atoms with E-state index >= 15 is 0 Å².